The van der Waals surface area contributed by atoms with Crippen molar-refractivity contribution in [1.29, 1.82) is 0 Å². The van der Waals surface area contributed by atoms with E-state index in [-0.39, 0.29) is 11.9 Å². The summed E-state index contributed by atoms with van der Waals surface area (Å²) in [5.41, 5.74) is 13.2. The molecule has 1 atom stereocenters. The van der Waals surface area contributed by atoms with Crippen molar-refractivity contribution in [2.75, 3.05) is 5.73 Å². The molecule has 1 amide bonds. The zero-order chi connectivity index (χ0) is 24.4. The second kappa shape index (κ2) is 9.58. The highest BCUT2D eigenvalue weighted by atomic mass is 16.1. The van der Waals surface area contributed by atoms with Crippen LogP contribution in [0.25, 0.3) is 22.2 Å². The number of nitrogens with zero attached hydrogens (tertiary/aromatic N) is 3. The molecule has 3 aromatic carbocycles. The zero-order valence-corrected chi connectivity index (χ0v) is 20.0. The molecule has 0 saturated carbocycles. The van der Waals surface area contributed by atoms with Crippen LogP contribution in [0.15, 0.2) is 78.9 Å². The van der Waals surface area contributed by atoms with Gasteiger partial charge in [0.25, 0.3) is 5.91 Å². The number of fused-ring (bicyclic) bond motifs is 2. The van der Waals surface area contributed by atoms with E-state index in [4.69, 9.17) is 15.7 Å². The summed E-state index contributed by atoms with van der Waals surface area (Å²) in [6.07, 6.45) is 1.71. The summed E-state index contributed by atoms with van der Waals surface area (Å²) in [6, 6.07) is 26.2. The largest absolute Gasteiger partial charge is 0.384 e. The lowest BCUT2D eigenvalue weighted by Gasteiger charge is -2.14. The lowest BCUT2D eigenvalue weighted by molar-refractivity contribution is 0.0940. The van der Waals surface area contributed by atoms with Crippen molar-refractivity contribution in [3.63, 3.8) is 0 Å². The molecule has 0 bridgehead atoms. The van der Waals surface area contributed by atoms with E-state index in [9.17, 15) is 4.79 Å². The van der Waals surface area contributed by atoms with Crippen LogP contribution in [-0.4, -0.2) is 26.5 Å². The Morgan fingerprint density at radius 2 is 1.57 bits per heavy atom. The van der Waals surface area contributed by atoms with Crippen molar-refractivity contribution in [3.05, 3.63) is 101 Å². The summed E-state index contributed by atoms with van der Waals surface area (Å²) in [7, 11) is 0. The van der Waals surface area contributed by atoms with E-state index < -0.39 is 0 Å². The smallest absolute Gasteiger partial charge is 0.257 e. The molecule has 0 aliphatic rings. The van der Waals surface area contributed by atoms with Crippen molar-refractivity contribution in [1.82, 2.24) is 19.9 Å². The second-order valence-corrected chi connectivity index (χ2v) is 9.12. The van der Waals surface area contributed by atoms with Gasteiger partial charge in [-0.2, -0.15) is 0 Å². The maximum Gasteiger partial charge on any atom is 0.257 e. The van der Waals surface area contributed by atoms with Gasteiger partial charge < -0.3 is 15.6 Å². The van der Waals surface area contributed by atoms with Crippen LogP contribution in [-0.2, 0) is 13.0 Å². The highest BCUT2D eigenvalue weighted by Gasteiger charge is 2.25. The Bertz CT molecular complexity index is 1490. The average molecular weight is 464 g/mol. The van der Waals surface area contributed by atoms with E-state index in [0.29, 0.717) is 29.1 Å². The third-order valence-electron chi connectivity index (χ3n) is 6.37. The van der Waals surface area contributed by atoms with Crippen molar-refractivity contribution < 1.29 is 4.79 Å². The number of hydrogen-bond donors (Lipinski definition) is 2. The van der Waals surface area contributed by atoms with E-state index in [1.54, 1.807) is 0 Å². The lowest BCUT2D eigenvalue weighted by Crippen LogP contribution is -2.33. The second-order valence-electron chi connectivity index (χ2n) is 9.12. The standard InChI is InChI=1S/C29H29N5O/c1-19-12-15-22(16-13-19)18-34-27(30)25(26-28(34)33-24-11-7-6-10-23(24)32-26)29(35)31-20(2)14-17-21-8-4-3-5-9-21/h3-13,15-16,20H,14,17-18,30H2,1-2H3,(H,31,35)/t20-/m1/s1. The van der Waals surface area contributed by atoms with Gasteiger partial charge in [0, 0.05) is 6.04 Å². The predicted octanol–water partition coefficient (Wildman–Crippen LogP) is 5.27. The minimum Gasteiger partial charge on any atom is -0.384 e. The fraction of sp³-hybridized carbons (Fsp3) is 0.207. The third-order valence-corrected chi connectivity index (χ3v) is 6.37. The van der Waals surface area contributed by atoms with Crippen LogP contribution in [0.1, 0.15) is 40.4 Å². The number of anilines is 1. The highest BCUT2D eigenvalue weighted by molar-refractivity contribution is 6.10. The van der Waals surface area contributed by atoms with Crippen molar-refractivity contribution in [2.24, 2.45) is 0 Å². The molecule has 5 rings (SSSR count). The van der Waals surface area contributed by atoms with Gasteiger partial charge in [0.2, 0.25) is 0 Å². The molecule has 5 aromatic rings. The molecule has 3 N–H and O–H groups in total. The Morgan fingerprint density at radius 3 is 2.29 bits per heavy atom. The third kappa shape index (κ3) is 4.73. The maximum absolute atomic E-state index is 13.5. The summed E-state index contributed by atoms with van der Waals surface area (Å²) >= 11 is 0. The fourth-order valence-electron chi connectivity index (χ4n) is 4.37. The van der Waals surface area contributed by atoms with Crippen molar-refractivity contribution in [3.8, 4) is 0 Å². The normalized spacial score (nSPS) is 12.2. The minimum atomic E-state index is -0.222. The first-order chi connectivity index (χ1) is 17.0. The molecule has 0 aliphatic carbocycles. The van der Waals surface area contributed by atoms with Gasteiger partial charge in [-0.3, -0.25) is 4.79 Å². The number of nitrogens with one attached hydrogen (secondary N) is 1. The fourth-order valence-corrected chi connectivity index (χ4v) is 4.37. The molecular formula is C29H29N5O. The summed E-state index contributed by atoms with van der Waals surface area (Å²) in [5, 5.41) is 3.13. The molecule has 0 radical (unpaired) electrons. The number of carbonyl (C=O) groups excluding carboxylic acids is 1. The number of nitrogens with two attached hydrogens (primary N) is 1. The van der Waals surface area contributed by atoms with Gasteiger partial charge in [-0.25, -0.2) is 9.97 Å². The number of carbonyl (C=O) groups is 1. The lowest BCUT2D eigenvalue weighted by atomic mass is 10.1. The molecule has 35 heavy (non-hydrogen) atoms. The molecule has 0 spiro atoms. The SMILES string of the molecule is Cc1ccc(Cn2c(N)c(C(=O)N[C@H](C)CCc3ccccc3)c3nc4ccccc4nc32)cc1. The monoisotopic (exact) mass is 463 g/mol. The number of hydrogen-bond acceptors (Lipinski definition) is 4. The maximum atomic E-state index is 13.5. The molecule has 176 valence electrons. The average Bonchev–Trinajstić information content (AvgIpc) is 3.13. The van der Waals surface area contributed by atoms with E-state index in [1.165, 1.54) is 11.1 Å². The molecule has 0 unspecified atom stereocenters. The minimum absolute atomic E-state index is 0.0222. The topological polar surface area (TPSA) is 85.8 Å². The van der Waals surface area contributed by atoms with Gasteiger partial charge in [0.1, 0.15) is 16.9 Å². The number of para-hydroxylation sites is 2. The summed E-state index contributed by atoms with van der Waals surface area (Å²) in [6.45, 7) is 4.58. The van der Waals surface area contributed by atoms with E-state index in [1.807, 2.05) is 54.0 Å². The van der Waals surface area contributed by atoms with E-state index in [0.717, 1.165) is 29.4 Å². The first-order valence-corrected chi connectivity index (χ1v) is 11.9. The van der Waals surface area contributed by atoms with Gasteiger partial charge in [0.05, 0.1) is 17.6 Å². The molecular weight excluding hydrogens is 434 g/mol. The van der Waals surface area contributed by atoms with Gasteiger partial charge in [-0.05, 0) is 49.9 Å². The van der Waals surface area contributed by atoms with Crippen LogP contribution in [0.3, 0.4) is 0 Å². The quantitative estimate of drug-likeness (QED) is 0.344. The van der Waals surface area contributed by atoms with Crippen LogP contribution >= 0.6 is 0 Å². The Hall–Kier alpha value is -4.19. The summed E-state index contributed by atoms with van der Waals surface area (Å²) in [4.78, 5) is 23.1. The molecule has 0 fully saturated rings. The predicted molar refractivity (Wildman–Crippen MR) is 141 cm³/mol. The molecule has 0 aliphatic heterocycles. The van der Waals surface area contributed by atoms with E-state index in [2.05, 4.69) is 48.6 Å². The Labute approximate surface area is 204 Å². The van der Waals surface area contributed by atoms with E-state index >= 15 is 0 Å². The molecule has 2 heterocycles. The molecule has 6 heteroatoms. The number of rotatable bonds is 7. The van der Waals surface area contributed by atoms with Crippen LogP contribution in [0, 0.1) is 6.92 Å². The number of amides is 1. The first-order valence-electron chi connectivity index (χ1n) is 11.9. The Kier molecular flexibility index (Phi) is 6.19. The van der Waals surface area contributed by atoms with Gasteiger partial charge in [-0.15, -0.1) is 0 Å². The van der Waals surface area contributed by atoms with Crippen molar-refractivity contribution in [2.45, 2.75) is 39.3 Å². The molecule has 0 saturated heterocycles. The number of benzene rings is 3. The number of aromatic nitrogens is 3. The van der Waals surface area contributed by atoms with Crippen LogP contribution in [0.2, 0.25) is 0 Å². The van der Waals surface area contributed by atoms with Gasteiger partial charge in [-0.1, -0.05) is 72.3 Å². The Morgan fingerprint density at radius 1 is 0.914 bits per heavy atom. The van der Waals surface area contributed by atoms with Gasteiger partial charge in [0.15, 0.2) is 5.65 Å². The van der Waals surface area contributed by atoms with Crippen LogP contribution in [0.4, 0.5) is 5.82 Å². The zero-order valence-electron chi connectivity index (χ0n) is 20.0. The van der Waals surface area contributed by atoms with Gasteiger partial charge >= 0.3 is 0 Å². The van der Waals surface area contributed by atoms with Crippen LogP contribution < -0.4 is 11.1 Å². The Balaban J connectivity index is 1.49. The van der Waals surface area contributed by atoms with Crippen LogP contribution in [0.5, 0.6) is 0 Å². The molecule has 2 aromatic heterocycles. The first kappa shape index (κ1) is 22.6. The van der Waals surface area contributed by atoms with Crippen molar-refractivity contribution >= 4 is 33.9 Å². The summed E-state index contributed by atoms with van der Waals surface area (Å²) in [5.74, 6) is 0.156. The molecule has 6 nitrogen and oxygen atoms in total. The number of aryl methyl sites for hydroxylation is 2. The highest BCUT2D eigenvalue weighted by Crippen LogP contribution is 2.29. The number of nitrogen functional groups attached to an aromatic ring is 1. The summed E-state index contributed by atoms with van der Waals surface area (Å²) < 4.78 is 1.89.